The molecule has 0 saturated heterocycles. The van der Waals surface area contributed by atoms with Gasteiger partial charge in [0, 0.05) is 0 Å². The molecule has 1 atom stereocenters. The zero-order valence-electron chi connectivity index (χ0n) is 6.26. The molecule has 9 heavy (non-hydrogen) atoms. The summed E-state index contributed by atoms with van der Waals surface area (Å²) in [6, 6.07) is 0. The van der Waals surface area contributed by atoms with Crippen LogP contribution in [0.3, 0.4) is 0 Å². The highest BCUT2D eigenvalue weighted by atomic mass is 16.7. The zero-order valence-corrected chi connectivity index (χ0v) is 6.26. The van der Waals surface area contributed by atoms with Gasteiger partial charge in [0.2, 0.25) is 0 Å². The van der Waals surface area contributed by atoms with Gasteiger partial charge in [-0.05, 0) is 20.8 Å². The van der Waals surface area contributed by atoms with Crippen LogP contribution in [0.4, 0.5) is 0 Å². The summed E-state index contributed by atoms with van der Waals surface area (Å²) in [4.78, 5) is 0. The molecule has 0 saturated carbocycles. The van der Waals surface area contributed by atoms with E-state index in [2.05, 4.69) is 6.58 Å². The molecule has 0 bridgehead atoms. The van der Waals surface area contributed by atoms with E-state index < -0.39 is 0 Å². The highest BCUT2D eigenvalue weighted by molar-refractivity contribution is 4.50. The van der Waals surface area contributed by atoms with Gasteiger partial charge >= 0.3 is 0 Å². The van der Waals surface area contributed by atoms with Crippen molar-refractivity contribution in [3.05, 3.63) is 12.8 Å². The lowest BCUT2D eigenvalue weighted by Crippen LogP contribution is -2.14. The normalized spacial score (nSPS) is 13.3. The Balaban J connectivity index is 3.25. The molecule has 0 radical (unpaired) electrons. The van der Waals surface area contributed by atoms with Gasteiger partial charge in [0.25, 0.3) is 0 Å². The summed E-state index contributed by atoms with van der Waals surface area (Å²) in [6.45, 7) is 9.16. The van der Waals surface area contributed by atoms with Gasteiger partial charge < -0.3 is 9.47 Å². The van der Waals surface area contributed by atoms with Gasteiger partial charge in [0.15, 0.2) is 6.29 Å². The fourth-order valence-electron chi connectivity index (χ4n) is 0.551. The van der Waals surface area contributed by atoms with Crippen molar-refractivity contribution in [3.8, 4) is 0 Å². The molecule has 0 aromatic heterocycles. The number of rotatable bonds is 4. The Morgan fingerprint density at radius 3 is 2.22 bits per heavy atom. The molecular weight excluding hydrogens is 116 g/mol. The van der Waals surface area contributed by atoms with Gasteiger partial charge in [-0.1, -0.05) is 6.58 Å². The second-order valence-corrected chi connectivity index (χ2v) is 2.06. The third-order valence-corrected chi connectivity index (χ3v) is 0.752. The topological polar surface area (TPSA) is 18.5 Å². The Kier molecular flexibility index (Phi) is 4.14. The molecule has 0 aromatic carbocycles. The van der Waals surface area contributed by atoms with Crippen molar-refractivity contribution in [2.75, 3.05) is 0 Å². The third kappa shape index (κ3) is 5.37. The van der Waals surface area contributed by atoms with Gasteiger partial charge in [0.1, 0.15) is 0 Å². The van der Waals surface area contributed by atoms with Crippen LogP contribution in [0, 0.1) is 0 Å². The summed E-state index contributed by atoms with van der Waals surface area (Å²) < 4.78 is 10.1. The fraction of sp³-hybridized carbons (Fsp3) is 0.714. The van der Waals surface area contributed by atoms with Gasteiger partial charge in [-0.15, -0.1) is 0 Å². The zero-order chi connectivity index (χ0) is 7.28. The monoisotopic (exact) mass is 130 g/mol. The van der Waals surface area contributed by atoms with Crippen molar-refractivity contribution < 1.29 is 9.47 Å². The summed E-state index contributed by atoms with van der Waals surface area (Å²) in [5, 5.41) is 0. The minimum atomic E-state index is -0.178. The highest BCUT2D eigenvalue weighted by Gasteiger charge is 2.00. The Bertz CT molecular complexity index is 79.0. The highest BCUT2D eigenvalue weighted by Crippen LogP contribution is 1.97. The van der Waals surface area contributed by atoms with Gasteiger partial charge in [-0.25, -0.2) is 0 Å². The van der Waals surface area contributed by atoms with Crippen LogP contribution in [0.5, 0.6) is 0 Å². The van der Waals surface area contributed by atoms with E-state index in [0.717, 1.165) is 0 Å². The summed E-state index contributed by atoms with van der Waals surface area (Å²) in [5.74, 6) is 0. The van der Waals surface area contributed by atoms with Gasteiger partial charge in [0.05, 0.1) is 12.4 Å². The van der Waals surface area contributed by atoms with Crippen LogP contribution < -0.4 is 0 Å². The smallest absolute Gasteiger partial charge is 0.196 e. The first-order chi connectivity index (χ1) is 4.16. The van der Waals surface area contributed by atoms with Gasteiger partial charge in [-0.2, -0.15) is 0 Å². The SMILES string of the molecule is C=COC(C)OC(C)C. The molecule has 0 amide bonds. The maximum Gasteiger partial charge on any atom is 0.196 e. The molecule has 54 valence electrons. The first kappa shape index (κ1) is 8.50. The Morgan fingerprint density at radius 2 is 1.89 bits per heavy atom. The summed E-state index contributed by atoms with van der Waals surface area (Å²) >= 11 is 0. The number of hydrogen-bond donors (Lipinski definition) is 0. The molecule has 0 aromatic rings. The molecule has 0 rings (SSSR count). The molecule has 0 N–H and O–H groups in total. The van der Waals surface area contributed by atoms with E-state index >= 15 is 0 Å². The predicted octanol–water partition coefficient (Wildman–Crippen LogP) is 1.92. The standard InChI is InChI=1S/C7H14O2/c1-5-8-7(4)9-6(2)3/h5-7H,1H2,2-4H3. The lowest BCUT2D eigenvalue weighted by Gasteiger charge is -2.14. The summed E-state index contributed by atoms with van der Waals surface area (Å²) in [7, 11) is 0. The second kappa shape index (κ2) is 4.39. The molecule has 0 aliphatic heterocycles. The van der Waals surface area contributed by atoms with Crippen LogP contribution in [0.25, 0.3) is 0 Å². The van der Waals surface area contributed by atoms with Crippen LogP contribution in [0.2, 0.25) is 0 Å². The fourth-order valence-corrected chi connectivity index (χ4v) is 0.551. The summed E-state index contributed by atoms with van der Waals surface area (Å²) in [6.07, 6.45) is 1.41. The largest absolute Gasteiger partial charge is 0.473 e. The van der Waals surface area contributed by atoms with Crippen LogP contribution in [0.1, 0.15) is 20.8 Å². The second-order valence-electron chi connectivity index (χ2n) is 2.06. The Hall–Kier alpha value is -0.500. The number of ether oxygens (including phenoxy) is 2. The predicted molar refractivity (Wildman–Crippen MR) is 37.0 cm³/mol. The van der Waals surface area contributed by atoms with Crippen molar-refractivity contribution in [2.45, 2.75) is 33.2 Å². The first-order valence-electron chi connectivity index (χ1n) is 3.08. The van der Waals surface area contributed by atoms with E-state index in [1.165, 1.54) is 6.26 Å². The summed E-state index contributed by atoms with van der Waals surface area (Å²) in [5.41, 5.74) is 0. The quantitative estimate of drug-likeness (QED) is 0.427. The van der Waals surface area contributed by atoms with Crippen LogP contribution in [-0.2, 0) is 9.47 Å². The van der Waals surface area contributed by atoms with Crippen molar-refractivity contribution in [1.82, 2.24) is 0 Å². The number of hydrogen-bond acceptors (Lipinski definition) is 2. The maximum atomic E-state index is 5.20. The van der Waals surface area contributed by atoms with E-state index in [1.54, 1.807) is 0 Å². The molecule has 2 nitrogen and oxygen atoms in total. The lowest BCUT2D eigenvalue weighted by molar-refractivity contribution is -0.118. The van der Waals surface area contributed by atoms with Crippen LogP contribution in [-0.4, -0.2) is 12.4 Å². The molecule has 0 aliphatic carbocycles. The van der Waals surface area contributed by atoms with E-state index in [1.807, 2.05) is 20.8 Å². The van der Waals surface area contributed by atoms with Crippen LogP contribution >= 0.6 is 0 Å². The average molecular weight is 130 g/mol. The van der Waals surface area contributed by atoms with Gasteiger partial charge in [-0.3, -0.25) is 0 Å². The van der Waals surface area contributed by atoms with E-state index in [0.29, 0.717) is 0 Å². The van der Waals surface area contributed by atoms with Crippen molar-refractivity contribution >= 4 is 0 Å². The molecule has 0 heterocycles. The van der Waals surface area contributed by atoms with E-state index in [4.69, 9.17) is 9.47 Å². The molecule has 2 heteroatoms. The minimum Gasteiger partial charge on any atom is -0.473 e. The molecule has 0 fully saturated rings. The first-order valence-corrected chi connectivity index (χ1v) is 3.08. The molecule has 0 aliphatic rings. The maximum absolute atomic E-state index is 5.20. The molecule has 1 unspecified atom stereocenters. The van der Waals surface area contributed by atoms with Crippen molar-refractivity contribution in [1.29, 1.82) is 0 Å². The lowest BCUT2D eigenvalue weighted by atomic mass is 10.5. The molecule has 0 spiro atoms. The van der Waals surface area contributed by atoms with E-state index in [-0.39, 0.29) is 12.4 Å². The Labute approximate surface area is 56.5 Å². The Morgan fingerprint density at radius 1 is 1.33 bits per heavy atom. The minimum absolute atomic E-state index is 0.178. The van der Waals surface area contributed by atoms with Crippen molar-refractivity contribution in [3.63, 3.8) is 0 Å². The third-order valence-electron chi connectivity index (χ3n) is 0.752. The van der Waals surface area contributed by atoms with E-state index in [9.17, 15) is 0 Å². The van der Waals surface area contributed by atoms with Crippen molar-refractivity contribution in [2.24, 2.45) is 0 Å². The molecular formula is C7H14O2. The average Bonchev–Trinajstić information content (AvgIpc) is 1.63. The van der Waals surface area contributed by atoms with Crippen LogP contribution in [0.15, 0.2) is 12.8 Å².